The third-order valence-corrected chi connectivity index (χ3v) is 3.86. The van der Waals surface area contributed by atoms with Crippen LogP contribution in [-0.4, -0.2) is 27.6 Å². The molecule has 0 radical (unpaired) electrons. The van der Waals surface area contributed by atoms with Crippen LogP contribution in [0.15, 0.2) is 18.2 Å². The first kappa shape index (κ1) is 15.0. The lowest BCUT2D eigenvalue weighted by Crippen LogP contribution is -2.29. The summed E-state index contributed by atoms with van der Waals surface area (Å²) in [4.78, 5) is 0. The van der Waals surface area contributed by atoms with Crippen LogP contribution in [0.4, 0.5) is 8.78 Å². The fraction of sp³-hybridized carbons (Fsp3) is 0.438. The number of hydrogen-bond acceptors (Lipinski definition) is 3. The van der Waals surface area contributed by atoms with E-state index in [1.165, 1.54) is 18.2 Å². The molecule has 2 heterocycles. The average molecular weight is 308 g/mol. The Kier molecular flexibility index (Phi) is 3.87. The molecule has 22 heavy (non-hydrogen) atoms. The average Bonchev–Trinajstić information content (AvgIpc) is 2.84. The highest BCUT2D eigenvalue weighted by atomic mass is 19.1. The second-order valence-electron chi connectivity index (χ2n) is 5.75. The van der Waals surface area contributed by atoms with Crippen LogP contribution in [0, 0.1) is 11.6 Å². The van der Waals surface area contributed by atoms with E-state index < -0.39 is 11.6 Å². The number of halogens is 2. The number of aliphatic hydroxyl groups excluding tert-OH is 1. The van der Waals surface area contributed by atoms with Crippen molar-refractivity contribution in [1.29, 1.82) is 0 Å². The van der Waals surface area contributed by atoms with Crippen molar-refractivity contribution < 1.29 is 18.6 Å². The van der Waals surface area contributed by atoms with Crippen molar-refractivity contribution in [2.24, 2.45) is 0 Å². The molecular weight excluding hydrogens is 290 g/mol. The molecule has 1 aliphatic heterocycles. The molecule has 1 aromatic heterocycles. The van der Waals surface area contributed by atoms with E-state index >= 15 is 0 Å². The van der Waals surface area contributed by atoms with Crippen LogP contribution in [0.25, 0.3) is 11.3 Å². The van der Waals surface area contributed by atoms with Crippen LogP contribution in [0.3, 0.4) is 0 Å². The van der Waals surface area contributed by atoms with Gasteiger partial charge in [0.2, 0.25) is 5.88 Å². The van der Waals surface area contributed by atoms with Crippen LogP contribution in [0.1, 0.15) is 31.7 Å². The van der Waals surface area contributed by atoms with E-state index in [9.17, 15) is 13.9 Å². The molecule has 0 saturated heterocycles. The molecular formula is C16H18F2N2O2. The van der Waals surface area contributed by atoms with Gasteiger partial charge >= 0.3 is 0 Å². The summed E-state index contributed by atoms with van der Waals surface area (Å²) in [6.45, 7) is 4.31. The van der Waals surface area contributed by atoms with Crippen LogP contribution in [0.2, 0.25) is 0 Å². The number of aromatic nitrogens is 2. The van der Waals surface area contributed by atoms with Gasteiger partial charge in [0.15, 0.2) is 0 Å². The summed E-state index contributed by atoms with van der Waals surface area (Å²) in [7, 11) is 0. The zero-order chi connectivity index (χ0) is 15.9. The van der Waals surface area contributed by atoms with Gasteiger partial charge in [0.1, 0.15) is 23.4 Å². The number of aryl methyl sites for hydroxylation is 1. The Morgan fingerprint density at radius 3 is 2.64 bits per heavy atom. The predicted octanol–water partition coefficient (Wildman–Crippen LogP) is 3.10. The first-order valence-corrected chi connectivity index (χ1v) is 7.35. The minimum atomic E-state index is -0.643. The number of fused-ring (bicyclic) bond motifs is 1. The molecule has 1 aromatic carbocycles. The Labute approximate surface area is 127 Å². The third kappa shape index (κ3) is 2.37. The third-order valence-electron chi connectivity index (χ3n) is 3.86. The minimum Gasteiger partial charge on any atom is -0.472 e. The lowest BCUT2D eigenvalue weighted by molar-refractivity contribution is 0.0721. The largest absolute Gasteiger partial charge is 0.472 e. The maximum atomic E-state index is 14.1. The Morgan fingerprint density at radius 2 is 2.05 bits per heavy atom. The van der Waals surface area contributed by atoms with Gasteiger partial charge in [0.25, 0.3) is 0 Å². The second kappa shape index (κ2) is 5.68. The predicted molar refractivity (Wildman–Crippen MR) is 77.8 cm³/mol. The monoisotopic (exact) mass is 308 g/mol. The molecule has 0 bridgehead atoms. The van der Waals surface area contributed by atoms with Gasteiger partial charge in [-0.15, -0.1) is 0 Å². The van der Waals surface area contributed by atoms with Crippen LogP contribution in [-0.2, 0) is 6.54 Å². The Bertz CT molecular complexity index is 677. The molecule has 3 rings (SSSR count). The van der Waals surface area contributed by atoms with E-state index in [2.05, 4.69) is 5.10 Å². The topological polar surface area (TPSA) is 47.3 Å². The lowest BCUT2D eigenvalue weighted by atomic mass is 9.98. The first-order chi connectivity index (χ1) is 10.5. The SMILES string of the molecule is CC(C)c1c(-c2c(F)cccc2F)nn2c1O[C@@H](CO)CC2. The van der Waals surface area contributed by atoms with Crippen molar-refractivity contribution in [2.45, 2.75) is 38.8 Å². The lowest BCUT2D eigenvalue weighted by Gasteiger charge is -2.24. The molecule has 0 saturated carbocycles. The molecule has 0 fully saturated rings. The van der Waals surface area contributed by atoms with Gasteiger partial charge in [0.05, 0.1) is 12.2 Å². The zero-order valence-corrected chi connectivity index (χ0v) is 12.5. The highest BCUT2D eigenvalue weighted by Gasteiger charge is 2.30. The summed E-state index contributed by atoms with van der Waals surface area (Å²) in [5.41, 5.74) is 0.818. The van der Waals surface area contributed by atoms with E-state index in [4.69, 9.17) is 4.74 Å². The first-order valence-electron chi connectivity index (χ1n) is 7.35. The van der Waals surface area contributed by atoms with Crippen molar-refractivity contribution in [3.8, 4) is 17.1 Å². The van der Waals surface area contributed by atoms with Crippen LogP contribution < -0.4 is 4.74 Å². The number of aliphatic hydroxyl groups is 1. The van der Waals surface area contributed by atoms with Crippen LogP contribution >= 0.6 is 0 Å². The van der Waals surface area contributed by atoms with Gasteiger partial charge in [-0.25, -0.2) is 13.5 Å². The molecule has 0 spiro atoms. The van der Waals surface area contributed by atoms with Crippen molar-refractivity contribution in [1.82, 2.24) is 9.78 Å². The molecule has 1 N–H and O–H groups in total. The number of benzene rings is 1. The van der Waals surface area contributed by atoms with E-state index in [-0.39, 0.29) is 29.9 Å². The van der Waals surface area contributed by atoms with Crippen molar-refractivity contribution in [3.63, 3.8) is 0 Å². The minimum absolute atomic E-state index is 0.0183. The standard InChI is InChI=1S/C16H18F2N2O2/c1-9(2)13-15(14-11(17)4-3-5-12(14)18)19-20-7-6-10(8-21)22-16(13)20/h3-5,9-10,21H,6-8H2,1-2H3/t10-/m1/s1. The highest BCUT2D eigenvalue weighted by Crippen LogP contribution is 2.40. The van der Waals surface area contributed by atoms with Gasteiger partial charge in [0, 0.05) is 18.5 Å². The van der Waals surface area contributed by atoms with E-state index in [1.54, 1.807) is 4.68 Å². The maximum absolute atomic E-state index is 14.1. The van der Waals surface area contributed by atoms with Gasteiger partial charge in [-0.3, -0.25) is 0 Å². The Balaban J connectivity index is 2.19. The fourth-order valence-corrected chi connectivity index (χ4v) is 2.78. The smallest absolute Gasteiger partial charge is 0.216 e. The summed E-state index contributed by atoms with van der Waals surface area (Å²) >= 11 is 0. The number of hydrogen-bond donors (Lipinski definition) is 1. The van der Waals surface area contributed by atoms with Gasteiger partial charge < -0.3 is 9.84 Å². The van der Waals surface area contributed by atoms with Crippen LogP contribution in [0.5, 0.6) is 5.88 Å². The summed E-state index contributed by atoms with van der Waals surface area (Å²) in [5, 5.41) is 13.6. The van der Waals surface area contributed by atoms with E-state index in [0.29, 0.717) is 24.4 Å². The highest BCUT2D eigenvalue weighted by molar-refractivity contribution is 5.67. The zero-order valence-electron chi connectivity index (χ0n) is 12.5. The molecule has 1 aliphatic rings. The van der Waals surface area contributed by atoms with E-state index in [1.807, 2.05) is 13.8 Å². The second-order valence-corrected chi connectivity index (χ2v) is 5.75. The molecule has 1 atom stereocenters. The molecule has 2 aromatic rings. The normalized spacial score (nSPS) is 17.5. The van der Waals surface area contributed by atoms with Gasteiger partial charge in [-0.2, -0.15) is 5.10 Å². The maximum Gasteiger partial charge on any atom is 0.216 e. The summed E-state index contributed by atoms with van der Waals surface area (Å²) in [6.07, 6.45) is 0.307. The fourth-order valence-electron chi connectivity index (χ4n) is 2.78. The van der Waals surface area contributed by atoms with Crippen molar-refractivity contribution in [2.75, 3.05) is 6.61 Å². The molecule has 6 heteroatoms. The molecule has 0 amide bonds. The van der Waals surface area contributed by atoms with Crippen molar-refractivity contribution in [3.05, 3.63) is 35.4 Å². The number of nitrogens with zero attached hydrogens (tertiary/aromatic N) is 2. The molecule has 4 nitrogen and oxygen atoms in total. The van der Waals surface area contributed by atoms with Crippen molar-refractivity contribution >= 4 is 0 Å². The Morgan fingerprint density at radius 1 is 1.36 bits per heavy atom. The Hall–Kier alpha value is -1.95. The summed E-state index contributed by atoms with van der Waals surface area (Å²) in [6, 6.07) is 3.77. The van der Waals surface area contributed by atoms with Gasteiger partial charge in [-0.1, -0.05) is 19.9 Å². The molecule has 0 unspecified atom stereocenters. The summed E-state index contributed by atoms with van der Waals surface area (Å²) < 4.78 is 35.6. The number of rotatable bonds is 3. The molecule has 0 aliphatic carbocycles. The van der Waals surface area contributed by atoms with Gasteiger partial charge in [-0.05, 0) is 18.1 Å². The molecule has 118 valence electrons. The summed E-state index contributed by atoms with van der Waals surface area (Å²) in [5.74, 6) is -0.805. The number of ether oxygens (including phenoxy) is 1. The quantitative estimate of drug-likeness (QED) is 0.948. The van der Waals surface area contributed by atoms with E-state index in [0.717, 1.165) is 0 Å².